The minimum Gasteiger partial charge on any atom is -0.286 e. The Labute approximate surface area is 182 Å². The van der Waals surface area contributed by atoms with Crippen molar-refractivity contribution in [1.29, 1.82) is 0 Å². The van der Waals surface area contributed by atoms with Gasteiger partial charge in [-0.25, -0.2) is 5.06 Å². The summed E-state index contributed by atoms with van der Waals surface area (Å²) in [4.78, 5) is 35.0. The van der Waals surface area contributed by atoms with Gasteiger partial charge in [0.25, 0.3) is 5.91 Å². The zero-order chi connectivity index (χ0) is 23.4. The van der Waals surface area contributed by atoms with E-state index in [4.69, 9.17) is 0 Å². The number of nitrogens with zero attached hydrogens (tertiary/aromatic N) is 2. The molecule has 1 fully saturated rings. The van der Waals surface area contributed by atoms with E-state index in [-0.39, 0.29) is 18.9 Å². The van der Waals surface area contributed by atoms with Crippen LogP contribution in [0.4, 0.5) is 0 Å². The van der Waals surface area contributed by atoms with E-state index in [9.17, 15) is 19.6 Å². The molecule has 1 rings (SSSR count). The summed E-state index contributed by atoms with van der Waals surface area (Å²) in [6.45, 7) is 12.9. The summed E-state index contributed by atoms with van der Waals surface area (Å²) in [5.41, 5.74) is 2.91. The summed E-state index contributed by atoms with van der Waals surface area (Å²) in [5.74, 6) is -1.49. The lowest BCUT2D eigenvalue weighted by molar-refractivity contribution is -0.157. The van der Waals surface area contributed by atoms with E-state index in [0.29, 0.717) is 23.6 Å². The van der Waals surface area contributed by atoms with Crippen molar-refractivity contribution >= 4 is 18.2 Å². The Hall–Kier alpha value is -2.41. The lowest BCUT2D eigenvalue weighted by atomic mass is 10.1. The zero-order valence-electron chi connectivity index (χ0n) is 19.4. The van der Waals surface area contributed by atoms with E-state index in [1.165, 1.54) is 49.3 Å². The van der Waals surface area contributed by atoms with Gasteiger partial charge in [0.2, 0.25) is 12.3 Å². The molecule has 3 amide bonds. The molecule has 1 unspecified atom stereocenters. The first-order valence-electron chi connectivity index (χ1n) is 10.9. The quantitative estimate of drug-likeness (QED) is 0.189. The van der Waals surface area contributed by atoms with Gasteiger partial charge in [0.05, 0.1) is 12.5 Å². The van der Waals surface area contributed by atoms with Crippen LogP contribution in [0.25, 0.3) is 0 Å². The first kappa shape index (κ1) is 29.8. The fraction of sp³-hybridized carbons (Fsp3) is 0.609. The molecule has 0 aromatic carbocycles. The third-order valence-electron chi connectivity index (χ3n) is 4.11. The third kappa shape index (κ3) is 13.7. The highest BCUT2D eigenvalue weighted by molar-refractivity contribution is 5.97. The molecule has 0 bridgehead atoms. The van der Waals surface area contributed by atoms with Crippen LogP contribution in [0.2, 0.25) is 0 Å². The van der Waals surface area contributed by atoms with Gasteiger partial charge in [-0.15, -0.1) is 0 Å². The monoisotopic (exact) mass is 423 g/mol. The molecule has 0 saturated heterocycles. The van der Waals surface area contributed by atoms with Crippen LogP contribution in [0, 0.1) is 5.92 Å². The Kier molecular flexibility index (Phi) is 19.7. The van der Waals surface area contributed by atoms with Crippen LogP contribution in [0.3, 0.4) is 0 Å². The highest BCUT2D eigenvalue weighted by Crippen LogP contribution is 2.15. The van der Waals surface area contributed by atoms with E-state index in [1.807, 2.05) is 20.8 Å². The van der Waals surface area contributed by atoms with Gasteiger partial charge in [-0.1, -0.05) is 84.6 Å². The molecule has 0 aliphatic heterocycles. The van der Waals surface area contributed by atoms with E-state index >= 15 is 0 Å². The molecular formula is C23H41N3O4. The largest absolute Gasteiger partial charge is 0.286 e. The van der Waals surface area contributed by atoms with E-state index < -0.39 is 11.8 Å². The molecule has 1 saturated carbocycles. The summed E-state index contributed by atoms with van der Waals surface area (Å²) < 4.78 is 0. The number of nitrogens with one attached hydrogen (secondary N) is 1. The van der Waals surface area contributed by atoms with Gasteiger partial charge in [0, 0.05) is 12.1 Å². The number of rotatable bonds is 9. The number of hydrogen-bond donors (Lipinski definition) is 2. The van der Waals surface area contributed by atoms with Crippen molar-refractivity contribution in [3.8, 4) is 0 Å². The van der Waals surface area contributed by atoms with Crippen LogP contribution in [-0.4, -0.2) is 46.6 Å². The number of carbonyl (C=O) groups excluding carboxylic acids is 3. The van der Waals surface area contributed by atoms with Crippen LogP contribution in [0.1, 0.15) is 73.1 Å². The number of hydrogen-bond acceptors (Lipinski definition) is 4. The molecule has 1 aliphatic carbocycles. The number of hydrazine groups is 1. The summed E-state index contributed by atoms with van der Waals surface area (Å²) in [6.07, 6.45) is 14.7. The molecule has 0 spiro atoms. The van der Waals surface area contributed by atoms with Gasteiger partial charge < -0.3 is 0 Å². The number of hydroxylamine groups is 2. The molecule has 0 aromatic rings. The summed E-state index contributed by atoms with van der Waals surface area (Å²) in [6, 6.07) is 0. The van der Waals surface area contributed by atoms with Gasteiger partial charge in [-0.05, 0) is 19.4 Å². The predicted octanol–water partition coefficient (Wildman–Crippen LogP) is 4.41. The lowest BCUT2D eigenvalue weighted by Crippen LogP contribution is -2.50. The maximum Gasteiger partial charge on any atom is 0.269 e. The van der Waals surface area contributed by atoms with Crippen LogP contribution < -0.4 is 5.43 Å². The molecular weight excluding hydrogens is 382 g/mol. The first-order valence-corrected chi connectivity index (χ1v) is 10.9. The van der Waals surface area contributed by atoms with Crippen molar-refractivity contribution < 1.29 is 19.6 Å². The molecule has 2 N–H and O–H groups in total. The van der Waals surface area contributed by atoms with Gasteiger partial charge in [0.1, 0.15) is 0 Å². The van der Waals surface area contributed by atoms with Crippen LogP contribution >= 0.6 is 0 Å². The van der Waals surface area contributed by atoms with Gasteiger partial charge in [-0.3, -0.25) is 30.0 Å². The van der Waals surface area contributed by atoms with Crippen LogP contribution in [0.15, 0.2) is 36.5 Å². The average molecular weight is 424 g/mol. The molecule has 7 nitrogen and oxygen atoms in total. The molecule has 1 aliphatic rings. The van der Waals surface area contributed by atoms with E-state index in [1.54, 1.807) is 26.0 Å². The van der Waals surface area contributed by atoms with E-state index in [0.717, 1.165) is 0 Å². The summed E-state index contributed by atoms with van der Waals surface area (Å²) in [5, 5.41) is 10.8. The van der Waals surface area contributed by atoms with E-state index in [2.05, 4.69) is 12.0 Å². The molecule has 7 heteroatoms. The minimum atomic E-state index is -0.661. The Morgan fingerprint density at radius 2 is 1.70 bits per heavy atom. The molecule has 172 valence electrons. The Morgan fingerprint density at radius 1 is 1.17 bits per heavy atom. The maximum absolute atomic E-state index is 12.4. The van der Waals surface area contributed by atoms with Crippen molar-refractivity contribution in [1.82, 2.24) is 15.5 Å². The molecule has 0 aromatic heterocycles. The topological polar surface area (TPSA) is 90.0 Å². The Bertz CT molecular complexity index is 547. The van der Waals surface area contributed by atoms with Gasteiger partial charge in [0.15, 0.2) is 0 Å². The molecule has 1 atom stereocenters. The third-order valence-corrected chi connectivity index (χ3v) is 4.11. The number of allylic oxidation sites excluding steroid dienone is 3. The Morgan fingerprint density at radius 3 is 2.10 bits per heavy atom. The fourth-order valence-electron chi connectivity index (χ4n) is 2.70. The molecule has 30 heavy (non-hydrogen) atoms. The maximum atomic E-state index is 12.4. The number of carbonyl (C=O) groups is 3. The van der Waals surface area contributed by atoms with Crippen molar-refractivity contribution in [3.63, 3.8) is 0 Å². The fourth-order valence-corrected chi connectivity index (χ4v) is 2.70. The summed E-state index contributed by atoms with van der Waals surface area (Å²) in [7, 11) is 0. The Balaban J connectivity index is 0. The van der Waals surface area contributed by atoms with Gasteiger partial charge in [-0.2, -0.15) is 0 Å². The molecule has 0 heterocycles. The molecule has 0 radical (unpaired) electrons. The van der Waals surface area contributed by atoms with Crippen LogP contribution in [-0.2, 0) is 14.4 Å². The van der Waals surface area contributed by atoms with Crippen molar-refractivity contribution in [3.05, 3.63) is 36.5 Å². The average Bonchev–Trinajstić information content (AvgIpc) is 3.34. The first-order chi connectivity index (χ1) is 14.4. The second-order valence-electron chi connectivity index (χ2n) is 6.68. The highest BCUT2D eigenvalue weighted by atomic mass is 16.5. The highest BCUT2D eigenvalue weighted by Gasteiger charge is 2.23. The van der Waals surface area contributed by atoms with Crippen molar-refractivity contribution in [2.75, 3.05) is 13.1 Å². The predicted molar refractivity (Wildman–Crippen MR) is 121 cm³/mol. The smallest absolute Gasteiger partial charge is 0.269 e. The second-order valence-corrected chi connectivity index (χ2v) is 6.68. The summed E-state index contributed by atoms with van der Waals surface area (Å²) >= 11 is 0. The van der Waals surface area contributed by atoms with Crippen molar-refractivity contribution in [2.24, 2.45) is 5.92 Å². The van der Waals surface area contributed by atoms with Crippen LogP contribution in [0.5, 0.6) is 0 Å². The van der Waals surface area contributed by atoms with Crippen molar-refractivity contribution in [2.45, 2.75) is 73.1 Å². The standard InChI is InChI=1S/C16H25N3O4.C5H10.C2H6/c1-5-8-14(9-6-2)15(21)17-19(10-7-3)16(22)13(4)11-18(23)12-20;1-2-4-5-3-1;1-2/h5-6,8-9,12-13,23H,1,7,10-11H2,2-4H3,(H,17,21);1-5H2;1-2H3/b9-6-,14-8+;;. The minimum absolute atomic E-state index is 0.150. The normalized spacial score (nSPS) is 13.9. The SMILES string of the molecule is C1CCCC1.C=C/C=C(\C=C/C)C(=O)NN(CCC)C(=O)C(C)CN(O)C=O.CC. The zero-order valence-corrected chi connectivity index (χ0v) is 19.4. The van der Waals surface area contributed by atoms with Gasteiger partial charge >= 0.3 is 0 Å². The number of amides is 3. The second kappa shape index (κ2) is 19.9. The lowest BCUT2D eigenvalue weighted by Gasteiger charge is -2.26.